The molecule has 0 spiro atoms. The Bertz CT molecular complexity index is 555. The van der Waals surface area contributed by atoms with Gasteiger partial charge in [0.1, 0.15) is 11.5 Å². The second kappa shape index (κ2) is 7.64. The summed E-state index contributed by atoms with van der Waals surface area (Å²) in [5.74, 6) is 1.82. The zero-order valence-corrected chi connectivity index (χ0v) is 14.2. The molecule has 0 saturated carbocycles. The first kappa shape index (κ1) is 16.1. The molecular formula is C16H21BrN2O2. The third-order valence-corrected chi connectivity index (χ3v) is 4.00. The predicted octanol–water partition coefficient (Wildman–Crippen LogP) is 3.44. The van der Waals surface area contributed by atoms with Gasteiger partial charge in [0, 0.05) is 13.1 Å². The lowest BCUT2D eigenvalue weighted by Gasteiger charge is -2.22. The van der Waals surface area contributed by atoms with E-state index < -0.39 is 0 Å². The Balaban J connectivity index is 1.92. The molecule has 21 heavy (non-hydrogen) atoms. The van der Waals surface area contributed by atoms with Gasteiger partial charge >= 0.3 is 0 Å². The van der Waals surface area contributed by atoms with Gasteiger partial charge in [-0.2, -0.15) is 0 Å². The number of ether oxygens (including phenoxy) is 1. The maximum atomic E-state index is 5.50. The summed E-state index contributed by atoms with van der Waals surface area (Å²) >= 11 is 3.51. The van der Waals surface area contributed by atoms with Crippen molar-refractivity contribution in [2.45, 2.75) is 12.6 Å². The van der Waals surface area contributed by atoms with Crippen molar-refractivity contribution in [3.63, 3.8) is 0 Å². The van der Waals surface area contributed by atoms with E-state index in [2.05, 4.69) is 52.4 Å². The number of benzene rings is 1. The molecule has 0 fully saturated rings. The normalized spacial score (nSPS) is 12.6. The maximum absolute atomic E-state index is 5.50. The minimum Gasteiger partial charge on any atom is -0.496 e. The molecule has 2 aromatic rings. The second-order valence-electron chi connectivity index (χ2n) is 5.09. The summed E-state index contributed by atoms with van der Waals surface area (Å²) in [5.41, 5.74) is 1.21. The lowest BCUT2D eigenvalue weighted by atomic mass is 10.2. The first-order chi connectivity index (χ1) is 10.1. The highest BCUT2D eigenvalue weighted by Gasteiger charge is 2.16. The van der Waals surface area contributed by atoms with Crippen LogP contribution in [0.1, 0.15) is 17.4 Å². The Morgan fingerprint density at radius 3 is 2.71 bits per heavy atom. The molecule has 1 aromatic heterocycles. The van der Waals surface area contributed by atoms with E-state index in [0.29, 0.717) is 0 Å². The smallest absolute Gasteiger partial charge is 0.133 e. The molecule has 0 saturated heterocycles. The van der Waals surface area contributed by atoms with Crippen molar-refractivity contribution >= 4 is 15.9 Å². The average Bonchev–Trinajstić information content (AvgIpc) is 2.97. The quantitative estimate of drug-likeness (QED) is 0.828. The molecule has 2 rings (SSSR count). The van der Waals surface area contributed by atoms with E-state index in [1.165, 1.54) is 5.56 Å². The number of nitrogens with one attached hydrogen (secondary N) is 1. The highest BCUT2D eigenvalue weighted by Crippen LogP contribution is 2.25. The molecule has 5 heteroatoms. The Labute approximate surface area is 134 Å². The van der Waals surface area contributed by atoms with Crippen LogP contribution in [0, 0.1) is 0 Å². The number of nitrogens with zero attached hydrogens (tertiary/aromatic N) is 1. The third-order valence-electron chi connectivity index (χ3n) is 3.38. The summed E-state index contributed by atoms with van der Waals surface area (Å²) < 4.78 is 11.7. The number of hydrogen-bond donors (Lipinski definition) is 1. The summed E-state index contributed by atoms with van der Waals surface area (Å²) in [7, 11) is 5.78. The summed E-state index contributed by atoms with van der Waals surface area (Å²) in [6.45, 7) is 1.62. The monoisotopic (exact) mass is 352 g/mol. The number of halogens is 1. The molecule has 1 unspecified atom stereocenters. The fourth-order valence-electron chi connectivity index (χ4n) is 2.19. The molecular weight excluding hydrogens is 332 g/mol. The standard InChI is InChI=1S/C16H21BrN2O2/c1-19(2)14(16-5-4-8-21-16)11-18-10-12-6-7-15(20-3)13(17)9-12/h4-9,14,18H,10-11H2,1-3H3. The fourth-order valence-corrected chi connectivity index (χ4v) is 2.78. The molecule has 1 heterocycles. The molecule has 0 bridgehead atoms. The number of hydrogen-bond acceptors (Lipinski definition) is 4. The van der Waals surface area contributed by atoms with Crippen LogP contribution in [0.25, 0.3) is 0 Å². The lowest BCUT2D eigenvalue weighted by molar-refractivity contribution is 0.250. The van der Waals surface area contributed by atoms with Gasteiger partial charge in [0.2, 0.25) is 0 Å². The number of methoxy groups -OCH3 is 1. The molecule has 114 valence electrons. The van der Waals surface area contributed by atoms with Gasteiger partial charge in [0.25, 0.3) is 0 Å². The topological polar surface area (TPSA) is 37.6 Å². The van der Waals surface area contributed by atoms with E-state index >= 15 is 0 Å². The molecule has 0 amide bonds. The van der Waals surface area contributed by atoms with Gasteiger partial charge in [-0.25, -0.2) is 0 Å². The third kappa shape index (κ3) is 4.33. The van der Waals surface area contributed by atoms with E-state index in [0.717, 1.165) is 29.1 Å². The van der Waals surface area contributed by atoms with Crippen molar-refractivity contribution in [3.8, 4) is 5.75 Å². The molecule has 1 atom stereocenters. The predicted molar refractivity (Wildman–Crippen MR) is 87.5 cm³/mol. The van der Waals surface area contributed by atoms with E-state index in [4.69, 9.17) is 9.15 Å². The van der Waals surface area contributed by atoms with Crippen LogP contribution >= 0.6 is 15.9 Å². The number of rotatable bonds is 7. The molecule has 0 aliphatic carbocycles. The number of furan rings is 1. The van der Waals surface area contributed by atoms with Crippen LogP contribution in [0.3, 0.4) is 0 Å². The molecule has 0 radical (unpaired) electrons. The zero-order valence-electron chi connectivity index (χ0n) is 12.6. The molecule has 1 aromatic carbocycles. The fraction of sp³-hybridized carbons (Fsp3) is 0.375. The van der Waals surface area contributed by atoms with Crippen molar-refractivity contribution in [2.75, 3.05) is 27.7 Å². The van der Waals surface area contributed by atoms with Crippen LogP contribution < -0.4 is 10.1 Å². The first-order valence-electron chi connectivity index (χ1n) is 6.84. The molecule has 4 nitrogen and oxygen atoms in total. The van der Waals surface area contributed by atoms with Gasteiger partial charge in [0.15, 0.2) is 0 Å². The van der Waals surface area contributed by atoms with Crippen LogP contribution in [-0.4, -0.2) is 32.6 Å². The highest BCUT2D eigenvalue weighted by atomic mass is 79.9. The van der Waals surface area contributed by atoms with Crippen molar-refractivity contribution < 1.29 is 9.15 Å². The minimum atomic E-state index is 0.224. The summed E-state index contributed by atoms with van der Waals surface area (Å²) in [6, 6.07) is 10.3. The van der Waals surface area contributed by atoms with Crippen molar-refractivity contribution in [1.29, 1.82) is 0 Å². The van der Waals surface area contributed by atoms with Gasteiger partial charge in [-0.05, 0) is 59.9 Å². The first-order valence-corrected chi connectivity index (χ1v) is 7.64. The van der Waals surface area contributed by atoms with Crippen LogP contribution in [-0.2, 0) is 6.54 Å². The van der Waals surface area contributed by atoms with Crippen molar-refractivity contribution in [3.05, 3.63) is 52.4 Å². The minimum absolute atomic E-state index is 0.224. The molecule has 1 N–H and O–H groups in total. The van der Waals surface area contributed by atoms with E-state index in [1.807, 2.05) is 18.2 Å². The molecule has 0 aliphatic rings. The van der Waals surface area contributed by atoms with Crippen molar-refractivity contribution in [1.82, 2.24) is 10.2 Å². The van der Waals surface area contributed by atoms with Gasteiger partial charge in [-0.1, -0.05) is 6.07 Å². The van der Waals surface area contributed by atoms with E-state index in [-0.39, 0.29) is 6.04 Å². The van der Waals surface area contributed by atoms with Gasteiger partial charge < -0.3 is 14.5 Å². The Morgan fingerprint density at radius 1 is 1.33 bits per heavy atom. The number of likely N-dealkylation sites (N-methyl/N-ethyl adjacent to an activating group) is 1. The Morgan fingerprint density at radius 2 is 2.14 bits per heavy atom. The SMILES string of the molecule is COc1ccc(CNCC(c2ccco2)N(C)C)cc1Br. The second-order valence-corrected chi connectivity index (χ2v) is 5.95. The van der Waals surface area contributed by atoms with Gasteiger partial charge in [0.05, 0.1) is 23.9 Å². The zero-order chi connectivity index (χ0) is 15.2. The Hall–Kier alpha value is -1.30. The van der Waals surface area contributed by atoms with Crippen LogP contribution in [0.4, 0.5) is 0 Å². The Kier molecular flexibility index (Phi) is 5.85. The van der Waals surface area contributed by atoms with Crippen LogP contribution in [0.15, 0.2) is 45.5 Å². The van der Waals surface area contributed by atoms with Gasteiger partial charge in [-0.3, -0.25) is 4.90 Å². The average molecular weight is 353 g/mol. The van der Waals surface area contributed by atoms with Crippen molar-refractivity contribution in [2.24, 2.45) is 0 Å². The highest BCUT2D eigenvalue weighted by molar-refractivity contribution is 9.10. The van der Waals surface area contributed by atoms with E-state index in [1.54, 1.807) is 13.4 Å². The lowest BCUT2D eigenvalue weighted by Crippen LogP contribution is -2.30. The van der Waals surface area contributed by atoms with Crippen LogP contribution in [0.2, 0.25) is 0 Å². The van der Waals surface area contributed by atoms with E-state index in [9.17, 15) is 0 Å². The summed E-state index contributed by atoms with van der Waals surface area (Å²) in [4.78, 5) is 2.15. The van der Waals surface area contributed by atoms with Gasteiger partial charge in [-0.15, -0.1) is 0 Å². The summed E-state index contributed by atoms with van der Waals surface area (Å²) in [5, 5.41) is 3.47. The maximum Gasteiger partial charge on any atom is 0.133 e. The van der Waals surface area contributed by atoms with Crippen LogP contribution in [0.5, 0.6) is 5.75 Å². The summed E-state index contributed by atoms with van der Waals surface area (Å²) in [6.07, 6.45) is 1.71. The largest absolute Gasteiger partial charge is 0.496 e. The molecule has 0 aliphatic heterocycles.